The summed E-state index contributed by atoms with van der Waals surface area (Å²) in [6.07, 6.45) is 0. The molecule has 116 valence electrons. The molecule has 0 unspecified atom stereocenters. The average molecular weight is 461 g/mol. The summed E-state index contributed by atoms with van der Waals surface area (Å²) in [7, 11) is 9.87. The van der Waals surface area contributed by atoms with Crippen molar-refractivity contribution in [2.75, 3.05) is 0 Å². The first kappa shape index (κ1) is 19.0. The van der Waals surface area contributed by atoms with Crippen molar-refractivity contribution in [3.05, 3.63) is 82.8 Å². The number of hydrogen-bond acceptors (Lipinski definition) is 0. The molecule has 0 aromatic heterocycles. The zero-order valence-corrected chi connectivity index (χ0v) is 17.4. The van der Waals surface area contributed by atoms with Crippen molar-refractivity contribution in [1.82, 2.24) is 0 Å². The Balaban J connectivity index is 0.000000143. The molecule has 0 heterocycles. The van der Waals surface area contributed by atoms with Crippen LogP contribution in [0.5, 0.6) is 0 Å². The molecule has 23 heavy (non-hydrogen) atoms. The minimum absolute atomic E-state index is 0.821. The van der Waals surface area contributed by atoms with Gasteiger partial charge in [-0.25, -0.2) is 0 Å². The molecule has 0 spiro atoms. The molecule has 0 nitrogen and oxygen atoms in total. The number of fused-ring (bicyclic) bond motifs is 2. The zero-order chi connectivity index (χ0) is 16.7. The molecule has 0 fully saturated rings. The second kappa shape index (κ2) is 9.87. The number of rotatable bonds is 0. The van der Waals surface area contributed by atoms with E-state index in [-0.39, 0.29) is 0 Å². The predicted molar refractivity (Wildman–Crippen MR) is 101 cm³/mol. The molecule has 0 aliphatic heterocycles. The van der Waals surface area contributed by atoms with E-state index in [1.807, 2.05) is 48.5 Å². The minimum atomic E-state index is -0.826. The molecule has 0 saturated carbocycles. The monoisotopic (exact) mass is 458 g/mol. The van der Waals surface area contributed by atoms with Crippen LogP contribution in [0, 0.1) is 0 Å². The third-order valence-electron chi connectivity index (χ3n) is 3.17. The van der Waals surface area contributed by atoms with E-state index in [4.69, 9.17) is 40.2 Å². The van der Waals surface area contributed by atoms with Crippen LogP contribution in [0.3, 0.4) is 0 Å². The topological polar surface area (TPSA) is 0 Å². The predicted octanol–water partition coefficient (Wildman–Crippen LogP) is 7.80. The van der Waals surface area contributed by atoms with Crippen LogP contribution in [0.4, 0.5) is 0 Å². The van der Waals surface area contributed by atoms with Gasteiger partial charge < -0.3 is 0 Å². The van der Waals surface area contributed by atoms with E-state index in [0.717, 1.165) is 10.0 Å². The molecule has 0 aliphatic rings. The van der Waals surface area contributed by atoms with Gasteiger partial charge in [-0.1, -0.05) is 12.1 Å². The molecule has 4 aromatic carbocycles. The van der Waals surface area contributed by atoms with Crippen LogP contribution in [-0.2, 0) is 20.8 Å². The SMILES string of the molecule is Clc1cc2ccccc2[cH-]1.Clc1cc2ccccc2[cH-]1.[Cl][Zr+2][Cl]. The summed E-state index contributed by atoms with van der Waals surface area (Å²) in [5, 5.41) is 6.50. The van der Waals surface area contributed by atoms with Crippen molar-refractivity contribution in [2.45, 2.75) is 0 Å². The third kappa shape index (κ3) is 5.93. The summed E-state index contributed by atoms with van der Waals surface area (Å²) in [5.74, 6) is 0. The second-order valence-corrected chi connectivity index (χ2v) is 9.28. The van der Waals surface area contributed by atoms with Gasteiger partial charge in [0.2, 0.25) is 0 Å². The fourth-order valence-corrected chi connectivity index (χ4v) is 2.70. The molecule has 0 radical (unpaired) electrons. The summed E-state index contributed by atoms with van der Waals surface area (Å²) in [4.78, 5) is 0. The van der Waals surface area contributed by atoms with Crippen molar-refractivity contribution in [1.29, 1.82) is 0 Å². The van der Waals surface area contributed by atoms with Gasteiger partial charge in [-0.3, -0.25) is 0 Å². The van der Waals surface area contributed by atoms with E-state index in [9.17, 15) is 0 Å². The Morgan fingerprint density at radius 3 is 1.35 bits per heavy atom. The van der Waals surface area contributed by atoms with Gasteiger partial charge in [0.25, 0.3) is 0 Å². The molecule has 0 amide bonds. The van der Waals surface area contributed by atoms with Gasteiger partial charge in [-0.2, -0.15) is 0 Å². The van der Waals surface area contributed by atoms with Crippen molar-refractivity contribution >= 4 is 61.8 Å². The van der Waals surface area contributed by atoms with Gasteiger partial charge in [0, 0.05) is 0 Å². The Morgan fingerprint density at radius 1 is 0.652 bits per heavy atom. The number of halogens is 4. The molecular formula is C18H12Cl4Zr. The van der Waals surface area contributed by atoms with Crippen molar-refractivity contribution < 1.29 is 20.8 Å². The fraction of sp³-hybridized carbons (Fsp3) is 0. The van der Waals surface area contributed by atoms with Crippen LogP contribution >= 0.6 is 40.2 Å². The Kier molecular flexibility index (Phi) is 8.17. The first-order chi connectivity index (χ1) is 11.1. The Labute approximate surface area is 164 Å². The first-order valence-corrected chi connectivity index (χ1v) is 13.8. The summed E-state index contributed by atoms with van der Waals surface area (Å²) in [6.45, 7) is 0. The van der Waals surface area contributed by atoms with E-state index in [2.05, 4.69) is 24.3 Å². The van der Waals surface area contributed by atoms with Gasteiger partial charge in [0.1, 0.15) is 0 Å². The maximum absolute atomic E-state index is 5.78. The molecule has 0 N–H and O–H groups in total. The molecular weight excluding hydrogens is 449 g/mol. The van der Waals surface area contributed by atoms with E-state index < -0.39 is 20.8 Å². The maximum atomic E-state index is 5.78. The van der Waals surface area contributed by atoms with Gasteiger partial charge in [0.15, 0.2) is 0 Å². The molecule has 0 aliphatic carbocycles. The van der Waals surface area contributed by atoms with Gasteiger partial charge in [0.05, 0.1) is 0 Å². The molecule has 0 bridgehead atoms. The van der Waals surface area contributed by atoms with Gasteiger partial charge >= 0.3 is 37.9 Å². The quantitative estimate of drug-likeness (QED) is 0.235. The molecule has 5 heteroatoms. The Bertz CT molecular complexity index is 725. The third-order valence-corrected chi connectivity index (χ3v) is 3.60. The fourth-order valence-electron chi connectivity index (χ4n) is 2.23. The van der Waals surface area contributed by atoms with E-state index >= 15 is 0 Å². The summed E-state index contributed by atoms with van der Waals surface area (Å²) in [6, 6.07) is 24.2. The second-order valence-electron chi connectivity index (χ2n) is 4.68. The number of hydrogen-bond donors (Lipinski definition) is 0. The van der Waals surface area contributed by atoms with E-state index in [0.29, 0.717) is 0 Å². The van der Waals surface area contributed by atoms with Crippen molar-refractivity contribution in [3.8, 4) is 0 Å². The standard InChI is InChI=1S/2C9H6Cl.2ClH.Zr/c2*10-9-5-7-3-1-2-4-8(7)6-9;;;/h2*1-6H;2*1H;/q2*-1;;;+4/p-2. The van der Waals surface area contributed by atoms with Crippen molar-refractivity contribution in [3.63, 3.8) is 0 Å². The zero-order valence-electron chi connectivity index (χ0n) is 11.9. The molecule has 0 atom stereocenters. The van der Waals surface area contributed by atoms with Crippen LogP contribution in [-0.4, -0.2) is 0 Å². The molecule has 4 aromatic rings. The Hall–Kier alpha value is -0.297. The van der Waals surface area contributed by atoms with Gasteiger partial charge in [-0.15, -0.1) is 105 Å². The summed E-state index contributed by atoms with van der Waals surface area (Å²) < 4.78 is 0. The molecule has 4 rings (SSSR count). The first-order valence-electron chi connectivity index (χ1n) is 6.72. The number of benzene rings is 2. The van der Waals surface area contributed by atoms with Crippen LogP contribution in [0.15, 0.2) is 72.8 Å². The normalized spacial score (nSPS) is 9.57. The van der Waals surface area contributed by atoms with Crippen LogP contribution in [0.1, 0.15) is 0 Å². The average Bonchev–Trinajstić information content (AvgIpc) is 3.08. The van der Waals surface area contributed by atoms with Crippen molar-refractivity contribution in [2.24, 2.45) is 0 Å². The summed E-state index contributed by atoms with van der Waals surface area (Å²) >= 11 is 10.7. The van der Waals surface area contributed by atoms with E-state index in [1.54, 1.807) is 0 Å². The van der Waals surface area contributed by atoms with Crippen LogP contribution in [0.25, 0.3) is 21.5 Å². The Morgan fingerprint density at radius 2 is 1.00 bits per heavy atom. The van der Waals surface area contributed by atoms with Gasteiger partial charge in [-0.05, 0) is 10.0 Å². The molecule has 0 saturated heterocycles. The summed E-state index contributed by atoms with van der Waals surface area (Å²) in [5.41, 5.74) is 0. The van der Waals surface area contributed by atoms with E-state index in [1.165, 1.54) is 21.5 Å². The van der Waals surface area contributed by atoms with Crippen LogP contribution < -0.4 is 0 Å². The van der Waals surface area contributed by atoms with Crippen LogP contribution in [0.2, 0.25) is 10.0 Å².